The Labute approximate surface area is 166 Å². The highest BCUT2D eigenvalue weighted by Crippen LogP contribution is 2.27. The van der Waals surface area contributed by atoms with Gasteiger partial charge in [0.15, 0.2) is 17.6 Å². The number of aryl methyl sites for hydroxylation is 1. The minimum Gasteiger partial charge on any atom is -0.497 e. The molecule has 0 unspecified atom stereocenters. The second-order valence-corrected chi connectivity index (χ2v) is 6.27. The number of rotatable bonds is 11. The first-order chi connectivity index (χ1) is 13.6. The zero-order chi connectivity index (χ0) is 20.4. The van der Waals surface area contributed by atoms with Crippen LogP contribution in [-0.2, 0) is 11.2 Å². The summed E-state index contributed by atoms with van der Waals surface area (Å²) < 4.78 is 21.5. The van der Waals surface area contributed by atoms with Gasteiger partial charge in [-0.25, -0.2) is 0 Å². The van der Waals surface area contributed by atoms with Gasteiger partial charge in [0.05, 0.1) is 21.3 Å². The van der Waals surface area contributed by atoms with Crippen molar-refractivity contribution in [2.75, 3.05) is 27.9 Å². The van der Waals surface area contributed by atoms with Crippen LogP contribution in [-0.4, -0.2) is 39.9 Å². The maximum atomic E-state index is 12.4. The number of carbonyl (C=O) groups is 1. The van der Waals surface area contributed by atoms with Gasteiger partial charge in [-0.1, -0.05) is 13.0 Å². The average molecular weight is 387 g/mol. The van der Waals surface area contributed by atoms with Gasteiger partial charge in [0.25, 0.3) is 5.91 Å². The van der Waals surface area contributed by atoms with Crippen LogP contribution in [0.15, 0.2) is 42.5 Å². The molecule has 1 amide bonds. The maximum absolute atomic E-state index is 12.4. The predicted octanol–water partition coefficient (Wildman–Crippen LogP) is 3.62. The minimum absolute atomic E-state index is 0.106. The number of amides is 1. The Morgan fingerprint density at radius 2 is 1.61 bits per heavy atom. The number of carbonyl (C=O) groups excluding carboxylic acids is 1. The van der Waals surface area contributed by atoms with Crippen LogP contribution in [0, 0.1) is 0 Å². The predicted molar refractivity (Wildman–Crippen MR) is 109 cm³/mol. The zero-order valence-electron chi connectivity index (χ0n) is 17.0. The van der Waals surface area contributed by atoms with E-state index in [0.717, 1.165) is 24.2 Å². The molecule has 0 heterocycles. The molecular formula is C22H29NO5. The molecule has 0 spiro atoms. The molecule has 152 valence electrons. The molecule has 6 nitrogen and oxygen atoms in total. The van der Waals surface area contributed by atoms with E-state index in [1.54, 1.807) is 33.5 Å². The highest BCUT2D eigenvalue weighted by molar-refractivity contribution is 5.81. The van der Waals surface area contributed by atoms with Gasteiger partial charge in [0.1, 0.15) is 11.5 Å². The van der Waals surface area contributed by atoms with E-state index in [4.69, 9.17) is 18.9 Å². The molecule has 0 fully saturated rings. The van der Waals surface area contributed by atoms with Crippen molar-refractivity contribution in [2.24, 2.45) is 0 Å². The van der Waals surface area contributed by atoms with E-state index in [0.29, 0.717) is 30.2 Å². The van der Waals surface area contributed by atoms with Gasteiger partial charge >= 0.3 is 0 Å². The largest absolute Gasteiger partial charge is 0.497 e. The van der Waals surface area contributed by atoms with E-state index in [1.807, 2.05) is 37.3 Å². The summed E-state index contributed by atoms with van der Waals surface area (Å²) >= 11 is 0. The first-order valence-electron chi connectivity index (χ1n) is 9.40. The summed E-state index contributed by atoms with van der Waals surface area (Å²) in [4.78, 5) is 12.4. The van der Waals surface area contributed by atoms with Crippen LogP contribution < -0.4 is 24.3 Å². The summed E-state index contributed by atoms with van der Waals surface area (Å²) in [6, 6.07) is 13.1. The van der Waals surface area contributed by atoms with Gasteiger partial charge in [-0.05, 0) is 61.2 Å². The maximum Gasteiger partial charge on any atom is 0.261 e. The topological polar surface area (TPSA) is 66.0 Å². The fraction of sp³-hybridized carbons (Fsp3) is 0.409. The molecule has 1 N–H and O–H groups in total. The lowest BCUT2D eigenvalue weighted by atomic mass is 10.1. The van der Waals surface area contributed by atoms with E-state index >= 15 is 0 Å². The van der Waals surface area contributed by atoms with Crippen molar-refractivity contribution in [3.8, 4) is 23.0 Å². The Morgan fingerprint density at radius 1 is 0.929 bits per heavy atom. The number of benzene rings is 2. The van der Waals surface area contributed by atoms with E-state index < -0.39 is 6.10 Å². The van der Waals surface area contributed by atoms with Crippen molar-refractivity contribution in [3.05, 3.63) is 48.0 Å². The van der Waals surface area contributed by atoms with Crippen molar-refractivity contribution in [2.45, 2.75) is 32.3 Å². The summed E-state index contributed by atoms with van der Waals surface area (Å²) in [5.74, 6) is 2.71. The van der Waals surface area contributed by atoms with Crippen LogP contribution in [0.1, 0.15) is 25.3 Å². The van der Waals surface area contributed by atoms with Gasteiger partial charge in [-0.15, -0.1) is 0 Å². The zero-order valence-corrected chi connectivity index (χ0v) is 17.0. The van der Waals surface area contributed by atoms with Crippen LogP contribution in [0.5, 0.6) is 23.0 Å². The number of hydrogen-bond donors (Lipinski definition) is 1. The summed E-state index contributed by atoms with van der Waals surface area (Å²) in [5.41, 5.74) is 1.13. The molecule has 0 radical (unpaired) electrons. The van der Waals surface area contributed by atoms with E-state index in [9.17, 15) is 4.79 Å². The van der Waals surface area contributed by atoms with Crippen LogP contribution in [0.4, 0.5) is 0 Å². The number of methoxy groups -OCH3 is 3. The Kier molecular flexibility index (Phi) is 8.46. The third-order valence-corrected chi connectivity index (χ3v) is 4.39. The fourth-order valence-electron chi connectivity index (χ4n) is 2.79. The summed E-state index contributed by atoms with van der Waals surface area (Å²) in [6.45, 7) is 2.51. The molecule has 0 bridgehead atoms. The van der Waals surface area contributed by atoms with Crippen molar-refractivity contribution in [1.29, 1.82) is 0 Å². The van der Waals surface area contributed by atoms with Crippen LogP contribution in [0.3, 0.4) is 0 Å². The van der Waals surface area contributed by atoms with Crippen molar-refractivity contribution in [1.82, 2.24) is 5.32 Å². The second kappa shape index (κ2) is 11.1. The van der Waals surface area contributed by atoms with Gasteiger partial charge in [-0.2, -0.15) is 0 Å². The van der Waals surface area contributed by atoms with Crippen molar-refractivity contribution < 1.29 is 23.7 Å². The quantitative estimate of drug-likeness (QED) is 0.597. The third kappa shape index (κ3) is 6.08. The molecule has 0 saturated carbocycles. The molecule has 2 rings (SSSR count). The first kappa shape index (κ1) is 21.4. The van der Waals surface area contributed by atoms with E-state index in [1.165, 1.54) is 0 Å². The molecule has 0 aliphatic heterocycles. The number of ether oxygens (including phenoxy) is 4. The molecule has 0 aliphatic carbocycles. The molecule has 28 heavy (non-hydrogen) atoms. The molecule has 0 aromatic heterocycles. The Bertz CT molecular complexity index is 745. The third-order valence-electron chi connectivity index (χ3n) is 4.39. The van der Waals surface area contributed by atoms with E-state index in [2.05, 4.69) is 5.32 Å². The molecule has 2 aromatic carbocycles. The van der Waals surface area contributed by atoms with Gasteiger partial charge in [0, 0.05) is 6.54 Å². The first-order valence-corrected chi connectivity index (χ1v) is 9.40. The van der Waals surface area contributed by atoms with Gasteiger partial charge in [-0.3, -0.25) is 4.79 Å². The lowest BCUT2D eigenvalue weighted by molar-refractivity contribution is -0.128. The SMILES string of the molecule is CC[C@H](Oc1ccc(OC)cc1)C(=O)NCCCc1ccc(OC)c(OC)c1. The van der Waals surface area contributed by atoms with Crippen molar-refractivity contribution >= 4 is 5.91 Å². The number of nitrogens with one attached hydrogen (secondary N) is 1. The van der Waals surface area contributed by atoms with Gasteiger partial charge in [0.2, 0.25) is 0 Å². The summed E-state index contributed by atoms with van der Waals surface area (Å²) in [5, 5.41) is 2.95. The van der Waals surface area contributed by atoms with Crippen LogP contribution >= 0.6 is 0 Å². The smallest absolute Gasteiger partial charge is 0.261 e. The highest BCUT2D eigenvalue weighted by atomic mass is 16.5. The van der Waals surface area contributed by atoms with Crippen molar-refractivity contribution in [3.63, 3.8) is 0 Å². The van der Waals surface area contributed by atoms with E-state index in [-0.39, 0.29) is 5.91 Å². The monoisotopic (exact) mass is 387 g/mol. The van der Waals surface area contributed by atoms with Crippen LogP contribution in [0.25, 0.3) is 0 Å². The Morgan fingerprint density at radius 3 is 2.21 bits per heavy atom. The second-order valence-electron chi connectivity index (χ2n) is 6.27. The molecule has 1 atom stereocenters. The molecule has 0 saturated heterocycles. The Balaban J connectivity index is 1.80. The normalized spacial score (nSPS) is 11.4. The van der Waals surface area contributed by atoms with Gasteiger partial charge < -0.3 is 24.3 Å². The molecule has 6 heteroatoms. The fourth-order valence-corrected chi connectivity index (χ4v) is 2.79. The molecular weight excluding hydrogens is 358 g/mol. The number of hydrogen-bond acceptors (Lipinski definition) is 5. The average Bonchev–Trinajstić information content (AvgIpc) is 2.75. The summed E-state index contributed by atoms with van der Waals surface area (Å²) in [7, 11) is 4.85. The van der Waals surface area contributed by atoms with Crippen LogP contribution in [0.2, 0.25) is 0 Å². The minimum atomic E-state index is -0.519. The lowest BCUT2D eigenvalue weighted by Gasteiger charge is -2.17. The Hall–Kier alpha value is -2.89. The standard InChI is InChI=1S/C22H29NO5/c1-5-19(28-18-11-9-17(25-2)10-12-18)22(24)23-14-6-7-16-8-13-20(26-3)21(15-16)27-4/h8-13,15,19H,5-7,14H2,1-4H3,(H,23,24)/t19-/m0/s1. The highest BCUT2D eigenvalue weighted by Gasteiger charge is 2.17. The summed E-state index contributed by atoms with van der Waals surface area (Å²) in [6.07, 6.45) is 1.72. The lowest BCUT2D eigenvalue weighted by Crippen LogP contribution is -2.38. The molecule has 2 aromatic rings. The molecule has 0 aliphatic rings.